The van der Waals surface area contributed by atoms with Gasteiger partial charge in [0.2, 0.25) is 11.8 Å². The number of hydrogen-bond donors (Lipinski definition) is 3. The van der Waals surface area contributed by atoms with Crippen molar-refractivity contribution in [1.29, 1.82) is 0 Å². The molecule has 2 saturated heterocycles. The van der Waals surface area contributed by atoms with Crippen LogP contribution in [-0.4, -0.2) is 56.5 Å². The molecular formula is C20H23N7O3. The Morgan fingerprint density at radius 3 is 2.77 bits per heavy atom. The second-order valence-corrected chi connectivity index (χ2v) is 8.14. The quantitative estimate of drug-likeness (QED) is 0.551. The van der Waals surface area contributed by atoms with Crippen LogP contribution in [0.5, 0.6) is 0 Å². The zero-order chi connectivity index (χ0) is 20.9. The minimum Gasteiger partial charge on any atom is -0.322 e. The number of rotatable bonds is 5. The first-order chi connectivity index (χ1) is 14.5. The van der Waals surface area contributed by atoms with Crippen LogP contribution < -0.4 is 16.0 Å². The van der Waals surface area contributed by atoms with Crippen molar-refractivity contribution in [3.8, 4) is 0 Å². The molecule has 4 heterocycles. The highest BCUT2D eigenvalue weighted by Crippen LogP contribution is 2.29. The predicted molar refractivity (Wildman–Crippen MR) is 105 cm³/mol. The van der Waals surface area contributed by atoms with E-state index in [2.05, 4.69) is 26.0 Å². The van der Waals surface area contributed by atoms with E-state index in [4.69, 9.17) is 0 Å². The molecule has 10 nitrogen and oxygen atoms in total. The van der Waals surface area contributed by atoms with E-state index in [1.165, 1.54) is 0 Å². The van der Waals surface area contributed by atoms with Crippen molar-refractivity contribution < 1.29 is 14.4 Å². The zero-order valence-corrected chi connectivity index (χ0v) is 16.6. The minimum absolute atomic E-state index is 0.158. The fourth-order valence-corrected chi connectivity index (χ4v) is 4.45. The van der Waals surface area contributed by atoms with Gasteiger partial charge in [0.25, 0.3) is 5.91 Å². The normalized spacial score (nSPS) is 22.6. The molecule has 0 spiro atoms. The van der Waals surface area contributed by atoms with Gasteiger partial charge < -0.3 is 10.2 Å². The van der Waals surface area contributed by atoms with Crippen LogP contribution in [0.3, 0.4) is 0 Å². The number of nitrogens with one attached hydrogen (secondary N) is 3. The lowest BCUT2D eigenvalue weighted by Gasteiger charge is -2.42. The third kappa shape index (κ3) is 2.99. The molecule has 3 amide bonds. The van der Waals surface area contributed by atoms with Crippen LogP contribution in [0.4, 0.5) is 0 Å². The number of imide groups is 1. The molecule has 0 saturated carbocycles. The molecule has 0 aliphatic carbocycles. The van der Waals surface area contributed by atoms with Crippen molar-refractivity contribution in [1.82, 2.24) is 35.6 Å². The molecular weight excluding hydrogens is 386 g/mol. The molecule has 1 aromatic carbocycles. The number of carbonyl (C=O) groups is 3. The molecule has 3 N–H and O–H groups in total. The molecule has 1 atom stereocenters. The second-order valence-electron chi connectivity index (χ2n) is 8.14. The van der Waals surface area contributed by atoms with Gasteiger partial charge in [-0.1, -0.05) is 12.1 Å². The Hall–Kier alpha value is -3.11. The van der Waals surface area contributed by atoms with Crippen LogP contribution in [-0.2, 0) is 35.3 Å². The number of benzene rings is 1. The topological polar surface area (TPSA) is 121 Å². The Morgan fingerprint density at radius 1 is 1.27 bits per heavy atom. The van der Waals surface area contributed by atoms with E-state index < -0.39 is 11.9 Å². The molecule has 3 aliphatic heterocycles. The third-order valence-corrected chi connectivity index (χ3v) is 6.22. The first-order valence-corrected chi connectivity index (χ1v) is 10.0. The summed E-state index contributed by atoms with van der Waals surface area (Å²) in [5, 5.41) is 13.4. The van der Waals surface area contributed by atoms with Gasteiger partial charge in [-0.25, -0.2) is 4.98 Å². The van der Waals surface area contributed by atoms with E-state index in [-0.39, 0.29) is 23.8 Å². The largest absolute Gasteiger partial charge is 0.322 e. The van der Waals surface area contributed by atoms with Crippen molar-refractivity contribution in [2.45, 2.75) is 37.5 Å². The Morgan fingerprint density at radius 2 is 2.10 bits per heavy atom. The number of aryl methyl sites for hydroxylation is 1. The van der Waals surface area contributed by atoms with Crippen LogP contribution in [0.15, 0.2) is 24.5 Å². The SMILES string of the molecule is Cn1ncnc1C1(NCc2ccc3c(c2)C(=O)N(C2CCC(=O)NC2=O)C3)CNC1. The third-order valence-electron chi connectivity index (χ3n) is 6.22. The van der Waals surface area contributed by atoms with Gasteiger partial charge in [-0.15, -0.1) is 0 Å². The summed E-state index contributed by atoms with van der Waals surface area (Å²) < 4.78 is 1.78. The summed E-state index contributed by atoms with van der Waals surface area (Å²) in [5.74, 6) is 0.0469. The lowest BCUT2D eigenvalue weighted by Crippen LogP contribution is -2.65. The number of hydrogen-bond acceptors (Lipinski definition) is 7. The van der Waals surface area contributed by atoms with Gasteiger partial charge in [0.05, 0.1) is 0 Å². The lowest BCUT2D eigenvalue weighted by atomic mass is 9.90. The zero-order valence-electron chi connectivity index (χ0n) is 16.6. The fourth-order valence-electron chi connectivity index (χ4n) is 4.45. The average molecular weight is 409 g/mol. The number of nitrogens with zero attached hydrogens (tertiary/aromatic N) is 4. The van der Waals surface area contributed by atoms with E-state index in [0.717, 1.165) is 30.0 Å². The van der Waals surface area contributed by atoms with E-state index in [1.807, 2.05) is 25.2 Å². The maximum atomic E-state index is 13.0. The molecule has 10 heteroatoms. The van der Waals surface area contributed by atoms with Gasteiger partial charge in [-0.05, 0) is 23.6 Å². The van der Waals surface area contributed by atoms with Crippen LogP contribution in [0, 0.1) is 0 Å². The molecule has 2 aromatic rings. The summed E-state index contributed by atoms with van der Waals surface area (Å²) in [6.45, 7) is 2.48. The summed E-state index contributed by atoms with van der Waals surface area (Å²) in [7, 11) is 1.88. The van der Waals surface area contributed by atoms with Crippen LogP contribution in [0.25, 0.3) is 0 Å². The Bertz CT molecular complexity index is 1040. The van der Waals surface area contributed by atoms with Crippen molar-refractivity contribution in [2.24, 2.45) is 7.05 Å². The first kappa shape index (κ1) is 18.9. The minimum atomic E-state index is -0.593. The number of carbonyl (C=O) groups excluding carboxylic acids is 3. The molecule has 2 fully saturated rings. The molecule has 156 valence electrons. The Balaban J connectivity index is 1.31. The van der Waals surface area contributed by atoms with Gasteiger partial charge in [-0.2, -0.15) is 5.10 Å². The van der Waals surface area contributed by atoms with E-state index in [0.29, 0.717) is 25.1 Å². The van der Waals surface area contributed by atoms with Crippen LogP contribution >= 0.6 is 0 Å². The highest BCUT2D eigenvalue weighted by Gasteiger charge is 2.42. The molecule has 0 bridgehead atoms. The van der Waals surface area contributed by atoms with E-state index in [1.54, 1.807) is 15.9 Å². The predicted octanol–water partition coefficient (Wildman–Crippen LogP) is -0.836. The van der Waals surface area contributed by atoms with Gasteiger partial charge in [-0.3, -0.25) is 29.7 Å². The monoisotopic (exact) mass is 409 g/mol. The number of amides is 3. The highest BCUT2D eigenvalue weighted by molar-refractivity contribution is 6.05. The molecule has 5 rings (SSSR count). The van der Waals surface area contributed by atoms with Crippen molar-refractivity contribution in [3.63, 3.8) is 0 Å². The number of piperidine rings is 1. The summed E-state index contributed by atoms with van der Waals surface area (Å²) in [5.41, 5.74) is 2.23. The molecule has 30 heavy (non-hydrogen) atoms. The van der Waals surface area contributed by atoms with Crippen molar-refractivity contribution in [2.75, 3.05) is 13.1 Å². The number of fused-ring (bicyclic) bond motifs is 1. The van der Waals surface area contributed by atoms with Gasteiger partial charge in [0.15, 0.2) is 0 Å². The highest BCUT2D eigenvalue weighted by atomic mass is 16.2. The van der Waals surface area contributed by atoms with Crippen LogP contribution in [0.1, 0.15) is 40.2 Å². The summed E-state index contributed by atoms with van der Waals surface area (Å²) >= 11 is 0. The van der Waals surface area contributed by atoms with E-state index in [9.17, 15) is 14.4 Å². The standard InChI is InChI=1S/C20H23N7O3/c1-26-19(22-11-24-26)20(9-21-10-20)23-7-12-2-3-13-8-27(18(30)14(13)6-12)15-4-5-16(28)25-17(15)29/h2-3,6,11,15,21,23H,4-5,7-10H2,1H3,(H,25,28,29). The van der Waals surface area contributed by atoms with Gasteiger partial charge in [0, 0.05) is 45.2 Å². The average Bonchev–Trinajstić information content (AvgIpc) is 3.25. The lowest BCUT2D eigenvalue weighted by molar-refractivity contribution is -0.136. The summed E-state index contributed by atoms with van der Waals surface area (Å²) in [6.07, 6.45) is 2.17. The van der Waals surface area contributed by atoms with Gasteiger partial charge in [0.1, 0.15) is 23.7 Å². The smallest absolute Gasteiger partial charge is 0.255 e. The molecule has 0 radical (unpaired) electrons. The van der Waals surface area contributed by atoms with Crippen LogP contribution in [0.2, 0.25) is 0 Å². The first-order valence-electron chi connectivity index (χ1n) is 10.0. The second kappa shape index (κ2) is 6.99. The Kier molecular flexibility index (Phi) is 4.40. The van der Waals surface area contributed by atoms with Crippen molar-refractivity contribution >= 4 is 17.7 Å². The maximum Gasteiger partial charge on any atom is 0.255 e. The fraction of sp³-hybridized carbons (Fsp3) is 0.450. The van der Waals surface area contributed by atoms with E-state index >= 15 is 0 Å². The van der Waals surface area contributed by atoms with Crippen molar-refractivity contribution in [3.05, 3.63) is 47.0 Å². The summed E-state index contributed by atoms with van der Waals surface area (Å²) in [4.78, 5) is 42.6. The summed E-state index contributed by atoms with van der Waals surface area (Å²) in [6, 6.07) is 5.25. The number of aromatic nitrogens is 3. The Labute approximate surface area is 173 Å². The maximum absolute atomic E-state index is 13.0. The molecule has 3 aliphatic rings. The van der Waals surface area contributed by atoms with Gasteiger partial charge >= 0.3 is 0 Å². The molecule has 1 unspecified atom stereocenters. The molecule has 1 aromatic heterocycles.